The first-order valence-electron chi connectivity index (χ1n) is 9.96. The predicted molar refractivity (Wildman–Crippen MR) is 101 cm³/mol. The minimum absolute atomic E-state index is 0.0484. The van der Waals surface area contributed by atoms with Gasteiger partial charge in [-0.1, -0.05) is 24.3 Å². The summed E-state index contributed by atoms with van der Waals surface area (Å²) < 4.78 is 33.2. The topological polar surface area (TPSA) is 72.5 Å². The van der Waals surface area contributed by atoms with E-state index in [1.165, 1.54) is 0 Å². The zero-order chi connectivity index (χ0) is 19.4. The van der Waals surface area contributed by atoms with E-state index < -0.39 is 0 Å². The summed E-state index contributed by atoms with van der Waals surface area (Å²) in [5.74, 6) is 0.0632. The number of rotatable bonds is 0. The van der Waals surface area contributed by atoms with Gasteiger partial charge in [0.15, 0.2) is 0 Å². The van der Waals surface area contributed by atoms with Crippen molar-refractivity contribution in [3.63, 3.8) is 0 Å². The van der Waals surface area contributed by atoms with Crippen molar-refractivity contribution in [1.29, 1.82) is 0 Å². The van der Waals surface area contributed by atoms with E-state index >= 15 is 0 Å². The van der Waals surface area contributed by atoms with E-state index in [4.69, 9.17) is 28.4 Å². The SMILES string of the molecule is O=C1OCc2ccccc2COCCOCCOCCOCCOC[C@@H]2C[C@H]12. The molecule has 3 rings (SSSR count). The lowest BCUT2D eigenvalue weighted by Crippen LogP contribution is -2.15. The molecule has 1 heterocycles. The zero-order valence-electron chi connectivity index (χ0n) is 16.3. The number of ether oxygens (including phenoxy) is 6. The van der Waals surface area contributed by atoms with Gasteiger partial charge in [-0.2, -0.15) is 0 Å². The minimum atomic E-state index is -0.145. The average molecular weight is 394 g/mol. The first-order chi connectivity index (χ1) is 13.8. The molecular formula is C21H30O7. The van der Waals surface area contributed by atoms with Crippen LogP contribution in [0.15, 0.2) is 24.3 Å². The largest absolute Gasteiger partial charge is 0.461 e. The Balaban J connectivity index is 1.47. The molecule has 7 heteroatoms. The number of hydrogen-bond donors (Lipinski definition) is 0. The Bertz CT molecular complexity index is 592. The molecular weight excluding hydrogens is 364 g/mol. The van der Waals surface area contributed by atoms with Gasteiger partial charge >= 0.3 is 5.97 Å². The zero-order valence-corrected chi connectivity index (χ0v) is 16.3. The number of carbonyl (C=O) groups excluding carboxylic acids is 1. The van der Waals surface area contributed by atoms with Gasteiger partial charge in [-0.25, -0.2) is 0 Å². The number of cyclic esters (lactones) is 1. The van der Waals surface area contributed by atoms with E-state index in [-0.39, 0.29) is 24.4 Å². The van der Waals surface area contributed by atoms with Crippen LogP contribution in [0.5, 0.6) is 0 Å². The van der Waals surface area contributed by atoms with Crippen LogP contribution in [0.1, 0.15) is 17.5 Å². The van der Waals surface area contributed by atoms with Crippen molar-refractivity contribution in [3.8, 4) is 0 Å². The molecule has 156 valence electrons. The van der Waals surface area contributed by atoms with E-state index in [0.29, 0.717) is 66.1 Å². The lowest BCUT2D eigenvalue weighted by atomic mass is 10.1. The predicted octanol–water partition coefficient (Wildman–Crippen LogP) is 1.96. The maximum atomic E-state index is 12.2. The molecule has 0 bridgehead atoms. The van der Waals surface area contributed by atoms with E-state index in [1.807, 2.05) is 24.3 Å². The number of carbonyl (C=O) groups is 1. The average Bonchev–Trinajstić information content (AvgIpc) is 3.49. The van der Waals surface area contributed by atoms with Crippen LogP contribution in [0.4, 0.5) is 0 Å². The van der Waals surface area contributed by atoms with Gasteiger partial charge in [0.25, 0.3) is 0 Å². The van der Waals surface area contributed by atoms with Crippen molar-refractivity contribution in [2.24, 2.45) is 11.8 Å². The molecule has 7 nitrogen and oxygen atoms in total. The van der Waals surface area contributed by atoms with Crippen molar-refractivity contribution in [2.45, 2.75) is 19.6 Å². The molecule has 0 spiro atoms. The standard InChI is InChI=1S/C21H30O7/c22-21-20-13-19(20)15-27-12-10-25-8-6-23-5-7-24-9-11-26-14-17-3-1-2-4-18(17)16-28-21/h1-4,19-20H,5-16H2/t19-,20-/m0/s1. The molecule has 1 fully saturated rings. The molecule has 1 aromatic carbocycles. The van der Waals surface area contributed by atoms with Gasteiger partial charge in [0.05, 0.1) is 72.0 Å². The molecule has 1 aromatic rings. The van der Waals surface area contributed by atoms with Crippen LogP contribution in [0.3, 0.4) is 0 Å². The van der Waals surface area contributed by atoms with E-state index in [0.717, 1.165) is 17.5 Å². The molecule has 1 saturated carbocycles. The third-order valence-electron chi connectivity index (χ3n) is 4.79. The molecule has 0 radical (unpaired) electrons. The monoisotopic (exact) mass is 394 g/mol. The van der Waals surface area contributed by atoms with Crippen molar-refractivity contribution < 1.29 is 33.2 Å². The second kappa shape index (κ2) is 12.1. The number of hydrogen-bond acceptors (Lipinski definition) is 7. The van der Waals surface area contributed by atoms with Crippen LogP contribution in [0.2, 0.25) is 0 Å². The molecule has 0 aromatic heterocycles. The maximum absolute atomic E-state index is 12.2. The Morgan fingerprint density at radius 2 is 1.21 bits per heavy atom. The summed E-state index contributed by atoms with van der Waals surface area (Å²) in [5, 5.41) is 0. The van der Waals surface area contributed by atoms with Gasteiger partial charge < -0.3 is 28.4 Å². The molecule has 28 heavy (non-hydrogen) atoms. The highest BCUT2D eigenvalue weighted by Crippen LogP contribution is 2.39. The Kier molecular flexibility index (Phi) is 9.19. The lowest BCUT2D eigenvalue weighted by Gasteiger charge is -2.12. The van der Waals surface area contributed by atoms with E-state index in [1.54, 1.807) is 0 Å². The molecule has 0 unspecified atom stereocenters. The smallest absolute Gasteiger partial charge is 0.309 e. The van der Waals surface area contributed by atoms with Crippen molar-refractivity contribution >= 4 is 5.97 Å². The van der Waals surface area contributed by atoms with Crippen LogP contribution in [0.25, 0.3) is 0 Å². The Morgan fingerprint density at radius 3 is 1.86 bits per heavy atom. The fourth-order valence-corrected chi connectivity index (χ4v) is 3.01. The van der Waals surface area contributed by atoms with Gasteiger partial charge in [-0.3, -0.25) is 4.79 Å². The highest BCUT2D eigenvalue weighted by atomic mass is 16.6. The van der Waals surface area contributed by atoms with E-state index in [9.17, 15) is 4.79 Å². The minimum Gasteiger partial charge on any atom is -0.461 e. The Labute approximate surface area is 166 Å². The van der Waals surface area contributed by atoms with Crippen LogP contribution in [-0.4, -0.2) is 65.4 Å². The van der Waals surface area contributed by atoms with Crippen LogP contribution in [0, 0.1) is 11.8 Å². The fourth-order valence-electron chi connectivity index (χ4n) is 3.01. The summed E-state index contributed by atoms with van der Waals surface area (Å²) in [4.78, 5) is 12.2. The third-order valence-corrected chi connectivity index (χ3v) is 4.79. The quantitative estimate of drug-likeness (QED) is 0.623. The second-order valence-corrected chi connectivity index (χ2v) is 6.94. The Morgan fingerprint density at radius 1 is 0.679 bits per heavy atom. The Hall–Kier alpha value is -1.51. The van der Waals surface area contributed by atoms with Gasteiger partial charge in [0, 0.05) is 0 Å². The number of fused-ring (bicyclic) bond motifs is 2. The van der Waals surface area contributed by atoms with Crippen molar-refractivity contribution in [1.82, 2.24) is 0 Å². The molecule has 1 aliphatic heterocycles. The highest BCUT2D eigenvalue weighted by molar-refractivity contribution is 5.75. The van der Waals surface area contributed by atoms with Crippen LogP contribution >= 0.6 is 0 Å². The number of benzene rings is 1. The molecule has 2 atom stereocenters. The summed E-state index contributed by atoms with van der Waals surface area (Å²) in [6.07, 6.45) is 0.832. The first-order valence-corrected chi connectivity index (χ1v) is 9.96. The van der Waals surface area contributed by atoms with Crippen LogP contribution in [-0.2, 0) is 46.4 Å². The number of esters is 1. The molecule has 1 aliphatic carbocycles. The summed E-state index contributed by atoms with van der Waals surface area (Å²) in [6, 6.07) is 7.85. The summed E-state index contributed by atoms with van der Waals surface area (Å²) in [6.45, 7) is 5.50. The third kappa shape index (κ3) is 7.48. The van der Waals surface area contributed by atoms with Crippen molar-refractivity contribution in [2.75, 3.05) is 59.5 Å². The first kappa shape index (κ1) is 21.2. The molecule has 0 N–H and O–H groups in total. The van der Waals surface area contributed by atoms with Gasteiger partial charge in [0.2, 0.25) is 0 Å². The summed E-state index contributed by atoms with van der Waals surface area (Å²) >= 11 is 0. The van der Waals surface area contributed by atoms with Crippen LogP contribution < -0.4 is 0 Å². The summed E-state index contributed by atoms with van der Waals surface area (Å²) in [5.41, 5.74) is 1.99. The second-order valence-electron chi connectivity index (χ2n) is 6.94. The molecule has 0 amide bonds. The van der Waals surface area contributed by atoms with Gasteiger partial charge in [-0.15, -0.1) is 0 Å². The normalized spacial score (nSPS) is 26.6. The molecule has 0 saturated heterocycles. The fraction of sp³-hybridized carbons (Fsp3) is 0.667. The van der Waals surface area contributed by atoms with Gasteiger partial charge in [0.1, 0.15) is 6.61 Å². The highest BCUT2D eigenvalue weighted by Gasteiger charge is 2.44. The molecule has 2 aliphatic rings. The maximum Gasteiger partial charge on any atom is 0.309 e. The lowest BCUT2D eigenvalue weighted by molar-refractivity contribution is -0.147. The van der Waals surface area contributed by atoms with E-state index in [2.05, 4.69) is 0 Å². The van der Waals surface area contributed by atoms with Gasteiger partial charge in [-0.05, 0) is 23.5 Å². The summed E-state index contributed by atoms with van der Waals surface area (Å²) in [7, 11) is 0. The van der Waals surface area contributed by atoms with Crippen molar-refractivity contribution in [3.05, 3.63) is 35.4 Å².